The van der Waals surface area contributed by atoms with E-state index in [-0.39, 0.29) is 17.8 Å². The standard InChI is InChI=1S/C26H31Cl2FN4O2/c27-23-10-8-20(18-24(23)28)9-11-25(34)30-12-2-1-3-13-32-14-5-15-33(17-16-32)26(35)31-22-7-4-6-21(29)19-22/h4,6-11,18-19H,1-3,5,12-17H2,(H,30,34)(H,31,35)/b11-9+. The zero-order valence-corrected chi connectivity index (χ0v) is 21.1. The number of nitrogens with zero attached hydrogens (tertiary/aromatic N) is 2. The minimum Gasteiger partial charge on any atom is -0.353 e. The van der Waals surface area contributed by atoms with Crippen molar-refractivity contribution in [2.24, 2.45) is 0 Å². The summed E-state index contributed by atoms with van der Waals surface area (Å²) in [6.07, 6.45) is 7.05. The van der Waals surface area contributed by atoms with E-state index in [1.54, 1.807) is 41.3 Å². The van der Waals surface area contributed by atoms with Crippen LogP contribution in [0.15, 0.2) is 48.5 Å². The number of amides is 3. The zero-order valence-electron chi connectivity index (χ0n) is 19.6. The summed E-state index contributed by atoms with van der Waals surface area (Å²) in [5, 5.41) is 6.61. The molecule has 35 heavy (non-hydrogen) atoms. The van der Waals surface area contributed by atoms with Gasteiger partial charge in [0.25, 0.3) is 0 Å². The fourth-order valence-corrected chi connectivity index (χ4v) is 4.17. The smallest absolute Gasteiger partial charge is 0.321 e. The number of carbonyl (C=O) groups is 2. The van der Waals surface area contributed by atoms with Crippen LogP contribution < -0.4 is 10.6 Å². The molecule has 3 amide bonds. The molecule has 0 unspecified atom stereocenters. The van der Waals surface area contributed by atoms with Crippen molar-refractivity contribution in [1.29, 1.82) is 0 Å². The molecule has 3 rings (SSSR count). The maximum atomic E-state index is 13.3. The van der Waals surface area contributed by atoms with E-state index in [2.05, 4.69) is 15.5 Å². The second kappa shape index (κ2) is 14.1. The Morgan fingerprint density at radius 1 is 0.971 bits per heavy atom. The van der Waals surface area contributed by atoms with E-state index in [9.17, 15) is 14.0 Å². The highest BCUT2D eigenvalue weighted by atomic mass is 35.5. The molecular formula is C26H31Cl2FN4O2. The predicted octanol–water partition coefficient (Wildman–Crippen LogP) is 5.67. The van der Waals surface area contributed by atoms with Crippen molar-refractivity contribution in [3.05, 3.63) is 70.0 Å². The largest absolute Gasteiger partial charge is 0.353 e. The third-order valence-corrected chi connectivity index (χ3v) is 6.51. The summed E-state index contributed by atoms with van der Waals surface area (Å²) in [7, 11) is 0. The molecule has 188 valence electrons. The van der Waals surface area contributed by atoms with Gasteiger partial charge in [-0.15, -0.1) is 0 Å². The van der Waals surface area contributed by atoms with Gasteiger partial charge in [-0.2, -0.15) is 0 Å². The first-order valence-electron chi connectivity index (χ1n) is 11.9. The number of carbonyl (C=O) groups excluding carboxylic acids is 2. The number of hydrogen-bond donors (Lipinski definition) is 2. The highest BCUT2D eigenvalue weighted by Crippen LogP contribution is 2.23. The third-order valence-electron chi connectivity index (χ3n) is 5.77. The van der Waals surface area contributed by atoms with Gasteiger partial charge in [0.1, 0.15) is 5.82 Å². The molecule has 0 radical (unpaired) electrons. The monoisotopic (exact) mass is 520 g/mol. The fourth-order valence-electron chi connectivity index (χ4n) is 3.86. The fraction of sp³-hybridized carbons (Fsp3) is 0.385. The molecule has 6 nitrogen and oxygen atoms in total. The lowest BCUT2D eigenvalue weighted by atomic mass is 10.2. The summed E-state index contributed by atoms with van der Waals surface area (Å²) in [6, 6.07) is 10.9. The molecule has 2 N–H and O–H groups in total. The Balaban J connectivity index is 1.27. The second-order valence-electron chi connectivity index (χ2n) is 8.48. The Morgan fingerprint density at radius 3 is 2.63 bits per heavy atom. The van der Waals surface area contributed by atoms with Gasteiger partial charge in [-0.3, -0.25) is 4.79 Å². The third kappa shape index (κ3) is 9.51. The molecule has 0 bridgehead atoms. The van der Waals surface area contributed by atoms with Crippen molar-refractivity contribution in [2.75, 3.05) is 44.6 Å². The van der Waals surface area contributed by atoms with Crippen LogP contribution in [-0.2, 0) is 4.79 Å². The van der Waals surface area contributed by atoms with Crippen LogP contribution in [0.2, 0.25) is 10.0 Å². The Labute approximate surface area is 216 Å². The van der Waals surface area contributed by atoms with Crippen molar-refractivity contribution in [3.63, 3.8) is 0 Å². The number of hydrogen-bond acceptors (Lipinski definition) is 3. The average Bonchev–Trinajstić information content (AvgIpc) is 3.08. The highest BCUT2D eigenvalue weighted by molar-refractivity contribution is 6.42. The molecule has 0 aliphatic carbocycles. The summed E-state index contributed by atoms with van der Waals surface area (Å²) in [5.41, 5.74) is 1.28. The van der Waals surface area contributed by atoms with Gasteiger partial charge in [-0.1, -0.05) is 41.8 Å². The molecule has 1 saturated heterocycles. The van der Waals surface area contributed by atoms with Crippen molar-refractivity contribution in [3.8, 4) is 0 Å². The number of rotatable bonds is 9. The van der Waals surface area contributed by atoms with E-state index in [4.69, 9.17) is 23.2 Å². The first-order chi connectivity index (χ1) is 16.9. The van der Waals surface area contributed by atoms with Gasteiger partial charge in [0.15, 0.2) is 0 Å². The predicted molar refractivity (Wildman–Crippen MR) is 140 cm³/mol. The van der Waals surface area contributed by atoms with E-state index in [1.165, 1.54) is 18.2 Å². The van der Waals surface area contributed by atoms with Gasteiger partial charge in [0.2, 0.25) is 5.91 Å². The molecule has 1 aliphatic rings. The van der Waals surface area contributed by atoms with E-state index in [0.29, 0.717) is 35.4 Å². The zero-order chi connectivity index (χ0) is 25.0. The van der Waals surface area contributed by atoms with Crippen LogP contribution in [0, 0.1) is 5.82 Å². The number of halogens is 3. The molecular weight excluding hydrogens is 490 g/mol. The summed E-state index contributed by atoms with van der Waals surface area (Å²) >= 11 is 11.9. The molecule has 1 heterocycles. The van der Waals surface area contributed by atoms with Crippen molar-refractivity contribution in [2.45, 2.75) is 25.7 Å². The van der Waals surface area contributed by atoms with E-state index in [1.807, 2.05) is 0 Å². The lowest BCUT2D eigenvalue weighted by Gasteiger charge is -2.22. The number of nitrogens with one attached hydrogen (secondary N) is 2. The Kier molecular flexibility index (Phi) is 10.8. The van der Waals surface area contributed by atoms with Crippen molar-refractivity contribution in [1.82, 2.24) is 15.1 Å². The van der Waals surface area contributed by atoms with E-state index < -0.39 is 0 Å². The summed E-state index contributed by atoms with van der Waals surface area (Å²) < 4.78 is 13.3. The Hall–Kier alpha value is -2.61. The molecule has 2 aromatic rings. The molecule has 0 atom stereocenters. The molecule has 2 aromatic carbocycles. The van der Waals surface area contributed by atoms with Gasteiger partial charge in [-0.25, -0.2) is 9.18 Å². The molecule has 1 fully saturated rings. The quantitative estimate of drug-likeness (QED) is 0.330. The van der Waals surface area contributed by atoms with E-state index in [0.717, 1.165) is 50.9 Å². The van der Waals surface area contributed by atoms with Gasteiger partial charge < -0.3 is 20.4 Å². The van der Waals surface area contributed by atoms with Crippen molar-refractivity contribution >= 4 is 46.9 Å². The van der Waals surface area contributed by atoms with Crippen LogP contribution in [0.5, 0.6) is 0 Å². The van der Waals surface area contributed by atoms with Crippen LogP contribution in [-0.4, -0.2) is 61.0 Å². The number of unbranched alkanes of at least 4 members (excludes halogenated alkanes) is 2. The normalized spacial score (nSPS) is 14.7. The topological polar surface area (TPSA) is 64.7 Å². The van der Waals surface area contributed by atoms with Crippen LogP contribution in [0.3, 0.4) is 0 Å². The van der Waals surface area contributed by atoms with Crippen LogP contribution in [0.1, 0.15) is 31.2 Å². The second-order valence-corrected chi connectivity index (χ2v) is 9.30. The number of urea groups is 1. The highest BCUT2D eigenvalue weighted by Gasteiger charge is 2.19. The molecule has 0 aromatic heterocycles. The molecule has 9 heteroatoms. The SMILES string of the molecule is O=C(/C=C/c1ccc(Cl)c(Cl)c1)NCCCCCN1CCCN(C(=O)Nc2cccc(F)c2)CC1. The first kappa shape index (κ1) is 27.0. The maximum absolute atomic E-state index is 13.3. The summed E-state index contributed by atoms with van der Waals surface area (Å²) in [5.74, 6) is -0.510. The van der Waals surface area contributed by atoms with Crippen LogP contribution >= 0.6 is 23.2 Å². The molecule has 0 saturated carbocycles. The Morgan fingerprint density at radius 2 is 1.83 bits per heavy atom. The Bertz CT molecular complexity index is 1030. The lowest BCUT2D eigenvalue weighted by Crippen LogP contribution is -2.38. The van der Waals surface area contributed by atoms with Crippen LogP contribution in [0.25, 0.3) is 6.08 Å². The summed E-state index contributed by atoms with van der Waals surface area (Å²) in [4.78, 5) is 28.6. The van der Waals surface area contributed by atoms with E-state index >= 15 is 0 Å². The van der Waals surface area contributed by atoms with Gasteiger partial charge in [-0.05, 0) is 74.3 Å². The van der Waals surface area contributed by atoms with Crippen molar-refractivity contribution < 1.29 is 14.0 Å². The summed E-state index contributed by atoms with van der Waals surface area (Å²) in [6.45, 7) is 4.66. The maximum Gasteiger partial charge on any atom is 0.321 e. The van der Waals surface area contributed by atoms with Gasteiger partial charge in [0, 0.05) is 37.9 Å². The lowest BCUT2D eigenvalue weighted by molar-refractivity contribution is -0.116. The van der Waals surface area contributed by atoms with Crippen LogP contribution in [0.4, 0.5) is 14.9 Å². The average molecular weight is 521 g/mol. The number of anilines is 1. The first-order valence-corrected chi connectivity index (χ1v) is 12.6. The molecule has 1 aliphatic heterocycles. The minimum absolute atomic E-state index is 0.139. The van der Waals surface area contributed by atoms with Gasteiger partial charge in [0.05, 0.1) is 10.0 Å². The number of benzene rings is 2. The minimum atomic E-state index is -0.371. The molecule has 0 spiro atoms. The van der Waals surface area contributed by atoms with Gasteiger partial charge >= 0.3 is 6.03 Å².